The number of rotatable bonds is 14. The van der Waals surface area contributed by atoms with Crippen molar-refractivity contribution in [2.24, 2.45) is 0 Å². The molecule has 0 aromatic carbocycles. The Hall–Kier alpha value is -0.830. The molecule has 23 heavy (non-hydrogen) atoms. The number of carbonyl (C=O) groups excluding carboxylic acids is 1. The molecule has 1 rings (SSSR count). The molecule has 3 heteroatoms. The van der Waals surface area contributed by atoms with Crippen LogP contribution in [-0.4, -0.2) is 22.8 Å². The summed E-state index contributed by atoms with van der Waals surface area (Å²) in [6.07, 6.45) is 17.9. The van der Waals surface area contributed by atoms with Gasteiger partial charge in [0.25, 0.3) is 0 Å². The second-order valence-corrected chi connectivity index (χ2v) is 7.08. The number of aliphatic hydroxyl groups excluding tert-OH is 1. The number of hydrogen-bond donors (Lipinski definition) is 1. The van der Waals surface area contributed by atoms with Crippen molar-refractivity contribution in [1.82, 2.24) is 0 Å². The van der Waals surface area contributed by atoms with Crippen molar-refractivity contribution in [3.8, 4) is 0 Å². The standard InChI is InChI=1S/C20H36O3/c1-3-5-7-8-9-10-11-12-13-14-18(21)16-20(15-6-4-2)17-19(22)23-20/h4,6,18,21H,3,5,7-17H2,1-2H3/b6-4+/t18-,20-/m0/s1. The fourth-order valence-electron chi connectivity index (χ4n) is 3.36. The molecule has 0 radical (unpaired) electrons. The molecule has 0 aromatic rings. The zero-order chi connectivity index (χ0) is 17.0. The van der Waals surface area contributed by atoms with Crippen molar-refractivity contribution >= 4 is 5.97 Å². The van der Waals surface area contributed by atoms with Crippen molar-refractivity contribution in [2.45, 2.75) is 109 Å². The third kappa shape index (κ3) is 8.55. The SMILES string of the molecule is C/C=C/C[C@]1(C[C@@H](O)CCCCCCCCCCC)CC(=O)O1. The Morgan fingerprint density at radius 2 is 1.70 bits per heavy atom. The fraction of sp³-hybridized carbons (Fsp3) is 0.850. The predicted octanol–water partition coefficient (Wildman–Crippen LogP) is 5.31. The van der Waals surface area contributed by atoms with E-state index in [4.69, 9.17) is 4.74 Å². The second-order valence-electron chi connectivity index (χ2n) is 7.08. The van der Waals surface area contributed by atoms with Gasteiger partial charge in [-0.1, -0.05) is 76.9 Å². The smallest absolute Gasteiger partial charge is 0.310 e. The van der Waals surface area contributed by atoms with Crippen LogP contribution < -0.4 is 0 Å². The molecule has 1 saturated heterocycles. The lowest BCUT2D eigenvalue weighted by atomic mass is 9.83. The zero-order valence-electron chi connectivity index (χ0n) is 15.2. The van der Waals surface area contributed by atoms with Crippen molar-refractivity contribution in [3.05, 3.63) is 12.2 Å². The number of ether oxygens (including phenoxy) is 1. The maximum atomic E-state index is 11.2. The van der Waals surface area contributed by atoms with Crippen LogP contribution in [-0.2, 0) is 9.53 Å². The average molecular weight is 325 g/mol. The minimum atomic E-state index is -0.428. The highest BCUT2D eigenvalue weighted by Crippen LogP contribution is 2.37. The van der Waals surface area contributed by atoms with Gasteiger partial charge in [-0.3, -0.25) is 4.79 Å². The molecule has 0 saturated carbocycles. The van der Waals surface area contributed by atoms with Gasteiger partial charge in [0.1, 0.15) is 5.60 Å². The molecule has 1 aliphatic heterocycles. The Kier molecular flexibility index (Phi) is 10.3. The van der Waals surface area contributed by atoms with Crippen LogP contribution in [0.3, 0.4) is 0 Å². The van der Waals surface area contributed by atoms with Gasteiger partial charge in [0, 0.05) is 12.8 Å². The zero-order valence-corrected chi connectivity index (χ0v) is 15.2. The van der Waals surface area contributed by atoms with Gasteiger partial charge in [-0.2, -0.15) is 0 Å². The number of esters is 1. The summed E-state index contributed by atoms with van der Waals surface area (Å²) >= 11 is 0. The maximum absolute atomic E-state index is 11.2. The highest BCUT2D eigenvalue weighted by Gasteiger charge is 2.46. The van der Waals surface area contributed by atoms with Gasteiger partial charge in [-0.15, -0.1) is 0 Å². The summed E-state index contributed by atoms with van der Waals surface area (Å²) in [7, 11) is 0. The van der Waals surface area contributed by atoms with Crippen LogP contribution in [0, 0.1) is 0 Å². The molecule has 1 fully saturated rings. The van der Waals surface area contributed by atoms with E-state index >= 15 is 0 Å². The first kappa shape index (κ1) is 20.2. The molecule has 1 heterocycles. The first-order chi connectivity index (χ1) is 11.1. The monoisotopic (exact) mass is 324 g/mol. The van der Waals surface area contributed by atoms with E-state index in [-0.39, 0.29) is 12.1 Å². The van der Waals surface area contributed by atoms with E-state index in [1.54, 1.807) is 0 Å². The van der Waals surface area contributed by atoms with Crippen LogP contribution in [0.2, 0.25) is 0 Å². The van der Waals surface area contributed by atoms with E-state index in [0.29, 0.717) is 12.8 Å². The Balaban J connectivity index is 2.05. The molecule has 0 aliphatic carbocycles. The van der Waals surface area contributed by atoms with E-state index in [2.05, 4.69) is 6.92 Å². The molecule has 0 bridgehead atoms. The quantitative estimate of drug-likeness (QED) is 0.267. The summed E-state index contributed by atoms with van der Waals surface area (Å²) in [6.45, 7) is 4.21. The van der Waals surface area contributed by atoms with Crippen LogP contribution in [0.5, 0.6) is 0 Å². The molecule has 0 amide bonds. The highest BCUT2D eigenvalue weighted by molar-refractivity contribution is 5.77. The summed E-state index contributed by atoms with van der Waals surface area (Å²) in [5.74, 6) is -0.134. The summed E-state index contributed by atoms with van der Waals surface area (Å²) in [5, 5.41) is 10.2. The van der Waals surface area contributed by atoms with Crippen LogP contribution in [0.25, 0.3) is 0 Å². The molecule has 0 aromatic heterocycles. The largest absolute Gasteiger partial charge is 0.458 e. The molecule has 134 valence electrons. The Bertz CT molecular complexity index is 341. The summed E-state index contributed by atoms with van der Waals surface area (Å²) in [5.41, 5.74) is -0.428. The van der Waals surface area contributed by atoms with Gasteiger partial charge in [0.15, 0.2) is 0 Å². The number of hydrogen-bond acceptors (Lipinski definition) is 3. The molecule has 0 unspecified atom stereocenters. The third-order valence-corrected chi connectivity index (χ3v) is 4.77. The maximum Gasteiger partial charge on any atom is 0.310 e. The van der Waals surface area contributed by atoms with Gasteiger partial charge in [-0.25, -0.2) is 0 Å². The lowest BCUT2D eigenvalue weighted by Gasteiger charge is -2.41. The van der Waals surface area contributed by atoms with E-state index < -0.39 is 5.60 Å². The van der Waals surface area contributed by atoms with Crippen molar-refractivity contribution in [1.29, 1.82) is 0 Å². The number of carbonyl (C=O) groups is 1. The van der Waals surface area contributed by atoms with Gasteiger partial charge in [0.2, 0.25) is 0 Å². The van der Waals surface area contributed by atoms with Crippen LogP contribution in [0.1, 0.15) is 97.3 Å². The molecule has 1 aliphatic rings. The predicted molar refractivity (Wildman–Crippen MR) is 95.3 cm³/mol. The summed E-state index contributed by atoms with van der Waals surface area (Å²) < 4.78 is 5.34. The lowest BCUT2D eigenvalue weighted by molar-refractivity contribution is -0.196. The topological polar surface area (TPSA) is 46.5 Å². The summed E-state index contributed by atoms with van der Waals surface area (Å²) in [4.78, 5) is 11.2. The number of aliphatic hydroxyl groups is 1. The number of cyclic esters (lactones) is 1. The van der Waals surface area contributed by atoms with E-state index in [0.717, 1.165) is 19.3 Å². The van der Waals surface area contributed by atoms with Gasteiger partial charge in [-0.05, 0) is 13.3 Å². The van der Waals surface area contributed by atoms with Crippen LogP contribution in [0.15, 0.2) is 12.2 Å². The van der Waals surface area contributed by atoms with Crippen molar-refractivity contribution < 1.29 is 14.6 Å². The summed E-state index contributed by atoms with van der Waals surface area (Å²) in [6, 6.07) is 0. The van der Waals surface area contributed by atoms with Crippen LogP contribution >= 0.6 is 0 Å². The highest BCUT2D eigenvalue weighted by atomic mass is 16.6. The van der Waals surface area contributed by atoms with Gasteiger partial charge in [0.05, 0.1) is 12.5 Å². The van der Waals surface area contributed by atoms with E-state index in [1.165, 1.54) is 51.4 Å². The fourth-order valence-corrected chi connectivity index (χ4v) is 3.36. The average Bonchev–Trinajstić information content (AvgIpc) is 2.49. The normalized spacial score (nSPS) is 22.1. The first-order valence-electron chi connectivity index (χ1n) is 9.63. The molecule has 0 spiro atoms. The third-order valence-electron chi connectivity index (χ3n) is 4.77. The van der Waals surface area contributed by atoms with Crippen molar-refractivity contribution in [2.75, 3.05) is 0 Å². The lowest BCUT2D eigenvalue weighted by Crippen LogP contribution is -2.49. The van der Waals surface area contributed by atoms with E-state index in [1.807, 2.05) is 19.1 Å². The minimum Gasteiger partial charge on any atom is -0.458 e. The van der Waals surface area contributed by atoms with Gasteiger partial charge >= 0.3 is 5.97 Å². The first-order valence-corrected chi connectivity index (χ1v) is 9.63. The van der Waals surface area contributed by atoms with Crippen molar-refractivity contribution in [3.63, 3.8) is 0 Å². The number of allylic oxidation sites excluding steroid dienone is 1. The molecule has 2 atom stereocenters. The Labute approximate surface area is 142 Å². The Morgan fingerprint density at radius 1 is 1.13 bits per heavy atom. The minimum absolute atomic E-state index is 0.134. The molecule has 1 N–H and O–H groups in total. The van der Waals surface area contributed by atoms with Crippen LogP contribution in [0.4, 0.5) is 0 Å². The Morgan fingerprint density at radius 3 is 2.22 bits per heavy atom. The second kappa shape index (κ2) is 11.7. The molecular formula is C20H36O3. The molecule has 3 nitrogen and oxygen atoms in total. The number of unbranched alkanes of at least 4 members (excludes halogenated alkanes) is 8. The molecular weight excluding hydrogens is 288 g/mol. The van der Waals surface area contributed by atoms with Gasteiger partial charge < -0.3 is 9.84 Å². The van der Waals surface area contributed by atoms with E-state index in [9.17, 15) is 9.90 Å².